The lowest BCUT2D eigenvalue weighted by Crippen LogP contribution is -2.30. The molecule has 6 nitrogen and oxygen atoms in total. The van der Waals surface area contributed by atoms with Gasteiger partial charge in [0.1, 0.15) is 18.7 Å². The summed E-state index contributed by atoms with van der Waals surface area (Å²) < 4.78 is 10.6. The molecule has 0 aliphatic carbocycles. The Labute approximate surface area is 172 Å². The first-order chi connectivity index (χ1) is 13.7. The Morgan fingerprint density at radius 2 is 1.93 bits per heavy atom. The molecule has 0 unspecified atom stereocenters. The zero-order valence-electron chi connectivity index (χ0n) is 16.8. The summed E-state index contributed by atoms with van der Waals surface area (Å²) in [4.78, 5) is 37.5. The van der Waals surface area contributed by atoms with E-state index in [1.54, 1.807) is 6.07 Å². The van der Waals surface area contributed by atoms with Crippen molar-refractivity contribution in [2.24, 2.45) is 0 Å². The molecule has 1 N–H and O–H groups in total. The van der Waals surface area contributed by atoms with E-state index in [2.05, 4.69) is 19.2 Å². The van der Waals surface area contributed by atoms with Crippen molar-refractivity contribution in [2.45, 2.75) is 40.2 Å². The molecular formula is C22H23NO5S. The molecule has 0 spiro atoms. The van der Waals surface area contributed by atoms with E-state index in [4.69, 9.17) is 9.15 Å². The average Bonchev–Trinajstić information content (AvgIpc) is 3.09. The molecule has 0 aliphatic rings. The van der Waals surface area contributed by atoms with Gasteiger partial charge in [-0.25, -0.2) is 4.79 Å². The maximum absolute atomic E-state index is 12.1. The van der Waals surface area contributed by atoms with Gasteiger partial charge in [-0.3, -0.25) is 9.59 Å². The summed E-state index contributed by atoms with van der Waals surface area (Å²) in [5.41, 5.74) is 2.72. The van der Waals surface area contributed by atoms with Crippen LogP contribution in [0.15, 0.2) is 39.5 Å². The molecule has 7 heteroatoms. The summed E-state index contributed by atoms with van der Waals surface area (Å²) >= 11 is 1.36. The van der Waals surface area contributed by atoms with Gasteiger partial charge in [0, 0.05) is 21.9 Å². The number of carbonyl (C=O) groups is 2. The van der Waals surface area contributed by atoms with Crippen LogP contribution >= 0.6 is 11.3 Å². The van der Waals surface area contributed by atoms with Crippen molar-refractivity contribution in [3.63, 3.8) is 0 Å². The number of ether oxygens (including phenoxy) is 1. The molecular weight excluding hydrogens is 390 g/mol. The number of fused-ring (bicyclic) bond motifs is 1. The largest absolute Gasteiger partial charge is 0.459 e. The minimum Gasteiger partial charge on any atom is -0.459 e. The first kappa shape index (κ1) is 20.8. The molecule has 29 heavy (non-hydrogen) atoms. The fourth-order valence-electron chi connectivity index (χ4n) is 3.14. The van der Waals surface area contributed by atoms with E-state index in [1.807, 2.05) is 32.0 Å². The number of hydrogen-bond donors (Lipinski definition) is 1. The van der Waals surface area contributed by atoms with E-state index >= 15 is 0 Å². The number of thiophene rings is 1. The zero-order valence-corrected chi connectivity index (χ0v) is 17.6. The quantitative estimate of drug-likeness (QED) is 0.486. The molecule has 152 valence electrons. The number of rotatable bonds is 6. The Balaban J connectivity index is 1.71. The van der Waals surface area contributed by atoms with Crippen LogP contribution in [0.2, 0.25) is 0 Å². The molecule has 0 aliphatic heterocycles. The van der Waals surface area contributed by atoms with Gasteiger partial charge in [-0.2, -0.15) is 0 Å². The van der Waals surface area contributed by atoms with Crippen molar-refractivity contribution in [3.05, 3.63) is 67.2 Å². The van der Waals surface area contributed by atoms with Crippen molar-refractivity contribution >= 4 is 34.2 Å². The minimum absolute atomic E-state index is 0.0739. The normalized spacial score (nSPS) is 11.1. The van der Waals surface area contributed by atoms with Crippen LogP contribution in [0.25, 0.3) is 11.0 Å². The van der Waals surface area contributed by atoms with Gasteiger partial charge in [0.15, 0.2) is 0 Å². The van der Waals surface area contributed by atoms with Gasteiger partial charge in [0.05, 0.1) is 4.88 Å². The van der Waals surface area contributed by atoms with E-state index in [9.17, 15) is 14.4 Å². The third-order valence-corrected chi connectivity index (χ3v) is 5.58. The molecule has 2 heterocycles. The van der Waals surface area contributed by atoms with Gasteiger partial charge in [-0.1, -0.05) is 13.8 Å². The second-order valence-corrected chi connectivity index (χ2v) is 8.49. The van der Waals surface area contributed by atoms with Crippen LogP contribution in [-0.4, -0.2) is 18.4 Å². The molecule has 3 rings (SSSR count). The smallest absolute Gasteiger partial charge is 0.336 e. The van der Waals surface area contributed by atoms with Crippen molar-refractivity contribution in [1.82, 2.24) is 5.32 Å². The summed E-state index contributed by atoms with van der Waals surface area (Å²) in [7, 11) is 0. The number of esters is 1. The summed E-state index contributed by atoms with van der Waals surface area (Å²) in [5.74, 6) is -0.593. The van der Waals surface area contributed by atoms with Crippen LogP contribution in [0.4, 0.5) is 0 Å². The molecule has 3 aromatic rings. The summed E-state index contributed by atoms with van der Waals surface area (Å²) in [6.45, 7) is 7.73. The summed E-state index contributed by atoms with van der Waals surface area (Å²) in [5, 5.41) is 3.29. The van der Waals surface area contributed by atoms with Gasteiger partial charge in [-0.15, -0.1) is 11.3 Å². The third-order valence-electron chi connectivity index (χ3n) is 4.58. The molecule has 1 amide bonds. The molecule has 0 fully saturated rings. The molecule has 0 bridgehead atoms. The molecule has 0 atom stereocenters. The standard InChI is InChI=1S/C22H23NO5S/c1-12(2)16-9-17-15(8-20(24)28-18(17)7-13(16)3)11-27-21(25)10-23-22(26)19-6-5-14(4)29-19/h5-9,12H,10-11H2,1-4H3,(H,23,26). The highest BCUT2D eigenvalue weighted by molar-refractivity contribution is 7.13. The van der Waals surface area contributed by atoms with Crippen LogP contribution in [0, 0.1) is 13.8 Å². The first-order valence-electron chi connectivity index (χ1n) is 9.32. The number of hydrogen-bond acceptors (Lipinski definition) is 6. The van der Waals surface area contributed by atoms with Crippen LogP contribution < -0.4 is 10.9 Å². The highest BCUT2D eigenvalue weighted by Gasteiger charge is 2.14. The van der Waals surface area contributed by atoms with Crippen molar-refractivity contribution in [3.8, 4) is 0 Å². The van der Waals surface area contributed by atoms with Gasteiger partial charge < -0.3 is 14.5 Å². The van der Waals surface area contributed by atoms with E-state index in [0.29, 0.717) is 21.9 Å². The van der Waals surface area contributed by atoms with Crippen LogP contribution in [0.5, 0.6) is 0 Å². The van der Waals surface area contributed by atoms with Gasteiger partial charge in [0.2, 0.25) is 0 Å². The highest BCUT2D eigenvalue weighted by Crippen LogP contribution is 2.27. The Morgan fingerprint density at radius 3 is 2.59 bits per heavy atom. The second kappa shape index (κ2) is 8.61. The minimum atomic E-state index is -0.579. The number of nitrogens with one attached hydrogen (secondary N) is 1. The molecule has 0 saturated carbocycles. The van der Waals surface area contributed by atoms with Crippen LogP contribution in [-0.2, 0) is 16.1 Å². The van der Waals surface area contributed by atoms with E-state index < -0.39 is 11.6 Å². The van der Waals surface area contributed by atoms with Crippen molar-refractivity contribution < 1.29 is 18.7 Å². The average molecular weight is 413 g/mol. The van der Waals surface area contributed by atoms with Gasteiger partial charge in [0.25, 0.3) is 5.91 Å². The van der Waals surface area contributed by atoms with E-state index in [1.165, 1.54) is 17.4 Å². The third kappa shape index (κ3) is 4.92. The number of aryl methyl sites for hydroxylation is 2. The maximum Gasteiger partial charge on any atom is 0.336 e. The maximum atomic E-state index is 12.1. The predicted octanol–water partition coefficient (Wildman–Crippen LogP) is 4.07. The Bertz CT molecular complexity index is 1130. The topological polar surface area (TPSA) is 85.6 Å². The van der Waals surface area contributed by atoms with E-state index in [-0.39, 0.29) is 19.1 Å². The Morgan fingerprint density at radius 1 is 1.17 bits per heavy atom. The van der Waals surface area contributed by atoms with Crippen molar-refractivity contribution in [2.75, 3.05) is 6.54 Å². The lowest BCUT2D eigenvalue weighted by Gasteiger charge is -2.13. The Hall–Kier alpha value is -2.93. The number of carbonyl (C=O) groups excluding carboxylic acids is 2. The van der Waals surface area contributed by atoms with Gasteiger partial charge >= 0.3 is 11.6 Å². The van der Waals surface area contributed by atoms with Gasteiger partial charge in [-0.05, 0) is 55.2 Å². The van der Waals surface area contributed by atoms with E-state index in [0.717, 1.165) is 21.4 Å². The summed E-state index contributed by atoms with van der Waals surface area (Å²) in [6.07, 6.45) is 0. The first-order valence-corrected chi connectivity index (χ1v) is 10.1. The lowest BCUT2D eigenvalue weighted by atomic mass is 9.95. The SMILES string of the molecule is Cc1ccc(C(=O)NCC(=O)OCc2cc(=O)oc3cc(C)c(C(C)C)cc23)s1. The summed E-state index contributed by atoms with van der Waals surface area (Å²) in [6, 6.07) is 8.70. The Kier molecular flexibility index (Phi) is 6.17. The van der Waals surface area contributed by atoms with Crippen LogP contribution in [0.3, 0.4) is 0 Å². The fraction of sp³-hybridized carbons (Fsp3) is 0.318. The number of amides is 1. The lowest BCUT2D eigenvalue weighted by molar-refractivity contribution is -0.143. The number of benzene rings is 1. The monoisotopic (exact) mass is 413 g/mol. The van der Waals surface area contributed by atoms with Crippen molar-refractivity contribution in [1.29, 1.82) is 0 Å². The highest BCUT2D eigenvalue weighted by atomic mass is 32.1. The molecule has 0 saturated heterocycles. The zero-order chi connectivity index (χ0) is 21.1. The predicted molar refractivity (Wildman–Crippen MR) is 112 cm³/mol. The molecule has 2 aromatic heterocycles. The fourth-order valence-corrected chi connectivity index (χ4v) is 3.92. The van der Waals surface area contributed by atoms with Crippen LogP contribution in [0.1, 0.15) is 51.0 Å². The molecule has 0 radical (unpaired) electrons. The molecule has 1 aromatic carbocycles. The second-order valence-electron chi connectivity index (χ2n) is 7.20.